The normalized spacial score (nSPS) is 21.8. The number of rotatable bonds is 2. The van der Waals surface area contributed by atoms with Crippen LogP contribution in [-0.4, -0.2) is 18.6 Å². The van der Waals surface area contributed by atoms with E-state index in [0.29, 0.717) is 11.9 Å². The van der Waals surface area contributed by atoms with Crippen LogP contribution < -0.4 is 10.1 Å². The van der Waals surface area contributed by atoms with Gasteiger partial charge in [-0.3, -0.25) is 0 Å². The highest BCUT2D eigenvalue weighted by atomic mass is 16.5. The summed E-state index contributed by atoms with van der Waals surface area (Å²) in [5.74, 6) is 0.700. The van der Waals surface area contributed by atoms with Crippen LogP contribution in [0.15, 0.2) is 18.2 Å². The molecule has 3 nitrogen and oxygen atoms in total. The highest BCUT2D eigenvalue weighted by Crippen LogP contribution is 2.22. The van der Waals surface area contributed by atoms with Crippen LogP contribution >= 0.6 is 0 Å². The highest BCUT2D eigenvalue weighted by molar-refractivity contribution is 5.18. The zero-order valence-electron chi connectivity index (χ0n) is 7.79. The second kappa shape index (κ2) is 3.75. The third kappa shape index (κ3) is 1.80. The van der Waals surface area contributed by atoms with E-state index in [-0.39, 0.29) is 0 Å². The fourth-order valence-electron chi connectivity index (χ4n) is 1.68. The van der Waals surface area contributed by atoms with Crippen molar-refractivity contribution in [2.45, 2.75) is 18.9 Å². The Labute approximate surface area is 78.1 Å². The maximum Gasteiger partial charge on any atom is 0.213 e. The van der Waals surface area contributed by atoms with Crippen molar-refractivity contribution in [3.8, 4) is 5.88 Å². The lowest BCUT2D eigenvalue weighted by Crippen LogP contribution is -2.14. The first-order valence-electron chi connectivity index (χ1n) is 4.64. The van der Waals surface area contributed by atoms with Gasteiger partial charge in [-0.25, -0.2) is 4.98 Å². The standard InChI is InChI=1S/C10H14N2O/c1-13-10-6-2-4-9(12-10)8-5-3-7-11-8/h2,4,6,8,11H,3,5,7H2,1H3. The van der Waals surface area contributed by atoms with E-state index in [1.54, 1.807) is 7.11 Å². The third-order valence-electron chi connectivity index (χ3n) is 2.37. The molecule has 1 aliphatic rings. The molecular weight excluding hydrogens is 164 g/mol. The van der Waals surface area contributed by atoms with Crippen LogP contribution in [0.5, 0.6) is 5.88 Å². The van der Waals surface area contributed by atoms with Crippen LogP contribution in [0.4, 0.5) is 0 Å². The number of hydrogen-bond acceptors (Lipinski definition) is 3. The van der Waals surface area contributed by atoms with Crippen LogP contribution in [0, 0.1) is 0 Å². The summed E-state index contributed by atoms with van der Waals surface area (Å²) in [6.07, 6.45) is 2.42. The minimum absolute atomic E-state index is 0.426. The molecule has 1 N–H and O–H groups in total. The predicted octanol–water partition coefficient (Wildman–Crippen LogP) is 1.51. The summed E-state index contributed by atoms with van der Waals surface area (Å²) >= 11 is 0. The Bertz CT molecular complexity index is 282. The van der Waals surface area contributed by atoms with Gasteiger partial charge in [-0.15, -0.1) is 0 Å². The molecule has 13 heavy (non-hydrogen) atoms. The molecule has 70 valence electrons. The summed E-state index contributed by atoms with van der Waals surface area (Å²) in [4.78, 5) is 4.39. The van der Waals surface area contributed by atoms with Crippen molar-refractivity contribution in [3.05, 3.63) is 23.9 Å². The maximum absolute atomic E-state index is 5.08. The van der Waals surface area contributed by atoms with E-state index >= 15 is 0 Å². The molecule has 2 rings (SSSR count). The van der Waals surface area contributed by atoms with Crippen molar-refractivity contribution in [2.75, 3.05) is 13.7 Å². The Morgan fingerprint density at radius 2 is 2.46 bits per heavy atom. The SMILES string of the molecule is COc1cccc(C2CCCN2)n1. The Balaban J connectivity index is 2.18. The molecule has 0 amide bonds. The van der Waals surface area contributed by atoms with Crippen LogP contribution in [0.25, 0.3) is 0 Å². The van der Waals surface area contributed by atoms with Crippen molar-refractivity contribution in [1.29, 1.82) is 0 Å². The van der Waals surface area contributed by atoms with Gasteiger partial charge in [0.25, 0.3) is 0 Å². The number of nitrogens with one attached hydrogen (secondary N) is 1. The Hall–Kier alpha value is -1.09. The van der Waals surface area contributed by atoms with E-state index in [0.717, 1.165) is 12.2 Å². The van der Waals surface area contributed by atoms with Crippen molar-refractivity contribution < 1.29 is 4.74 Å². The lowest BCUT2D eigenvalue weighted by atomic mass is 10.1. The molecule has 3 heteroatoms. The number of nitrogens with zero attached hydrogens (tertiary/aromatic N) is 1. The summed E-state index contributed by atoms with van der Waals surface area (Å²) in [6, 6.07) is 6.33. The van der Waals surface area contributed by atoms with Crippen molar-refractivity contribution in [1.82, 2.24) is 10.3 Å². The van der Waals surface area contributed by atoms with E-state index in [1.165, 1.54) is 12.8 Å². The molecule has 1 fully saturated rings. The molecule has 1 aromatic heterocycles. The monoisotopic (exact) mass is 178 g/mol. The smallest absolute Gasteiger partial charge is 0.213 e. The molecule has 0 aliphatic carbocycles. The van der Waals surface area contributed by atoms with E-state index in [9.17, 15) is 0 Å². The van der Waals surface area contributed by atoms with Crippen molar-refractivity contribution >= 4 is 0 Å². The van der Waals surface area contributed by atoms with Gasteiger partial charge >= 0.3 is 0 Å². The summed E-state index contributed by atoms with van der Waals surface area (Å²) in [5, 5.41) is 3.41. The fourth-order valence-corrected chi connectivity index (χ4v) is 1.68. The number of pyridine rings is 1. The lowest BCUT2D eigenvalue weighted by molar-refractivity contribution is 0.394. The van der Waals surface area contributed by atoms with Gasteiger partial charge in [0, 0.05) is 12.1 Å². The van der Waals surface area contributed by atoms with Gasteiger partial charge in [-0.05, 0) is 25.5 Å². The number of hydrogen-bond donors (Lipinski definition) is 1. The zero-order valence-corrected chi connectivity index (χ0v) is 7.79. The zero-order chi connectivity index (χ0) is 9.10. The van der Waals surface area contributed by atoms with Crippen LogP contribution in [-0.2, 0) is 0 Å². The number of aromatic nitrogens is 1. The molecular formula is C10H14N2O. The molecule has 0 radical (unpaired) electrons. The first-order chi connectivity index (χ1) is 6.40. The summed E-state index contributed by atoms with van der Waals surface area (Å²) < 4.78 is 5.08. The molecule has 0 spiro atoms. The maximum atomic E-state index is 5.08. The van der Waals surface area contributed by atoms with Gasteiger partial charge < -0.3 is 10.1 Å². The minimum atomic E-state index is 0.426. The first-order valence-corrected chi connectivity index (χ1v) is 4.64. The molecule has 1 atom stereocenters. The lowest BCUT2D eigenvalue weighted by Gasteiger charge is -2.09. The van der Waals surface area contributed by atoms with Gasteiger partial charge in [0.05, 0.1) is 12.8 Å². The van der Waals surface area contributed by atoms with Gasteiger partial charge in [-0.1, -0.05) is 6.07 Å². The molecule has 2 heterocycles. The average Bonchev–Trinajstić information content (AvgIpc) is 2.71. The Morgan fingerprint density at radius 1 is 1.54 bits per heavy atom. The fraction of sp³-hybridized carbons (Fsp3) is 0.500. The quantitative estimate of drug-likeness (QED) is 0.745. The van der Waals surface area contributed by atoms with Crippen LogP contribution in [0.3, 0.4) is 0 Å². The molecule has 1 aliphatic heterocycles. The van der Waals surface area contributed by atoms with Crippen molar-refractivity contribution in [2.24, 2.45) is 0 Å². The van der Waals surface area contributed by atoms with Crippen molar-refractivity contribution in [3.63, 3.8) is 0 Å². The van der Waals surface area contributed by atoms with Gasteiger partial charge in [-0.2, -0.15) is 0 Å². The summed E-state index contributed by atoms with van der Waals surface area (Å²) in [7, 11) is 1.65. The van der Waals surface area contributed by atoms with E-state index in [1.807, 2.05) is 18.2 Å². The minimum Gasteiger partial charge on any atom is -0.481 e. The molecule has 0 aromatic carbocycles. The van der Waals surface area contributed by atoms with Crippen LogP contribution in [0.1, 0.15) is 24.6 Å². The van der Waals surface area contributed by atoms with Crippen LogP contribution in [0.2, 0.25) is 0 Å². The van der Waals surface area contributed by atoms with E-state index in [4.69, 9.17) is 4.74 Å². The van der Waals surface area contributed by atoms with E-state index in [2.05, 4.69) is 10.3 Å². The average molecular weight is 178 g/mol. The predicted molar refractivity (Wildman–Crippen MR) is 50.8 cm³/mol. The topological polar surface area (TPSA) is 34.1 Å². The largest absolute Gasteiger partial charge is 0.481 e. The number of methoxy groups -OCH3 is 1. The number of ether oxygens (including phenoxy) is 1. The summed E-state index contributed by atoms with van der Waals surface area (Å²) in [5.41, 5.74) is 1.09. The van der Waals surface area contributed by atoms with Gasteiger partial charge in [0.2, 0.25) is 5.88 Å². The third-order valence-corrected chi connectivity index (χ3v) is 2.37. The van der Waals surface area contributed by atoms with E-state index < -0.39 is 0 Å². The van der Waals surface area contributed by atoms with Gasteiger partial charge in [0.15, 0.2) is 0 Å². The highest BCUT2D eigenvalue weighted by Gasteiger charge is 2.17. The Kier molecular flexibility index (Phi) is 2.45. The molecule has 0 bridgehead atoms. The molecule has 1 saturated heterocycles. The second-order valence-electron chi connectivity index (χ2n) is 3.25. The second-order valence-corrected chi connectivity index (χ2v) is 3.25. The van der Waals surface area contributed by atoms with Gasteiger partial charge in [0.1, 0.15) is 0 Å². The summed E-state index contributed by atoms with van der Waals surface area (Å²) in [6.45, 7) is 1.10. The first kappa shape index (κ1) is 8.51. The molecule has 1 aromatic rings. The molecule has 1 unspecified atom stereocenters. The molecule has 0 saturated carbocycles. The Morgan fingerprint density at radius 3 is 3.15 bits per heavy atom.